The van der Waals surface area contributed by atoms with E-state index in [2.05, 4.69) is 116 Å². The summed E-state index contributed by atoms with van der Waals surface area (Å²) in [6.07, 6.45) is 0. The molecule has 0 aliphatic rings. The van der Waals surface area contributed by atoms with Gasteiger partial charge in [-0.1, -0.05) is 84.9 Å². The zero-order valence-electron chi connectivity index (χ0n) is 23.3. The molecule has 0 saturated carbocycles. The van der Waals surface area contributed by atoms with Gasteiger partial charge in [-0.05, 0) is 59.2 Å². The lowest BCUT2D eigenvalue weighted by Gasteiger charge is -2.07. The third-order valence-electron chi connectivity index (χ3n) is 9.19. The van der Waals surface area contributed by atoms with Crippen molar-refractivity contribution in [1.82, 2.24) is 23.2 Å². The monoisotopic (exact) mass is 563 g/mol. The number of para-hydroxylation sites is 6. The van der Waals surface area contributed by atoms with Gasteiger partial charge < -0.3 is 4.42 Å². The third-order valence-corrected chi connectivity index (χ3v) is 9.19. The minimum Gasteiger partial charge on any atom is -0.455 e. The van der Waals surface area contributed by atoms with Crippen LogP contribution in [0.15, 0.2) is 132 Å². The lowest BCUT2D eigenvalue weighted by molar-refractivity contribution is 0.670. The van der Waals surface area contributed by atoms with Crippen molar-refractivity contribution < 1.29 is 4.42 Å². The Bertz CT molecular complexity index is 2820. The highest BCUT2D eigenvalue weighted by atomic mass is 16.3. The van der Waals surface area contributed by atoms with E-state index >= 15 is 0 Å². The standard InChI is InChI=1S/C38H21N5O/c1-6-15-34-26(8-1)27-10-7-9-25(36(27)44-34)23-18-16-22(17-19-23)24-20-32-35-33(21-24)42-31-14-5-3-12-29(31)40-38(42)43(35)37-39-28-11-2-4-13-30(28)41(32)37/h1-21H. The smallest absolute Gasteiger partial charge is 0.223 e. The maximum atomic E-state index is 6.34. The Morgan fingerprint density at radius 2 is 1.05 bits per heavy atom. The Labute approximate surface area is 249 Å². The zero-order chi connectivity index (χ0) is 28.5. The third kappa shape index (κ3) is 2.71. The van der Waals surface area contributed by atoms with Crippen LogP contribution >= 0.6 is 0 Å². The molecule has 44 heavy (non-hydrogen) atoms. The number of aromatic nitrogens is 5. The van der Waals surface area contributed by atoms with Crippen molar-refractivity contribution in [2.45, 2.75) is 0 Å². The highest BCUT2D eigenvalue weighted by Crippen LogP contribution is 2.39. The molecule has 5 aromatic heterocycles. The predicted octanol–water partition coefficient (Wildman–Crippen LogP) is 9.37. The molecule has 6 aromatic carbocycles. The van der Waals surface area contributed by atoms with E-state index in [1.54, 1.807) is 0 Å². The summed E-state index contributed by atoms with van der Waals surface area (Å²) >= 11 is 0. The minimum atomic E-state index is 0.878. The second kappa shape index (κ2) is 7.82. The Balaban J connectivity index is 1.18. The van der Waals surface area contributed by atoms with Crippen LogP contribution in [0, 0.1) is 0 Å². The molecule has 0 aliphatic heterocycles. The summed E-state index contributed by atoms with van der Waals surface area (Å²) in [6.45, 7) is 0. The largest absolute Gasteiger partial charge is 0.455 e. The van der Waals surface area contributed by atoms with Gasteiger partial charge in [0, 0.05) is 16.3 Å². The summed E-state index contributed by atoms with van der Waals surface area (Å²) < 4.78 is 13.1. The van der Waals surface area contributed by atoms with Crippen molar-refractivity contribution in [2.75, 3.05) is 0 Å². The Hall–Kier alpha value is -6.14. The van der Waals surface area contributed by atoms with Crippen molar-refractivity contribution in [3.8, 4) is 22.3 Å². The molecule has 6 heteroatoms. The summed E-state index contributed by atoms with van der Waals surface area (Å²) in [7, 11) is 0. The van der Waals surface area contributed by atoms with E-state index in [4.69, 9.17) is 14.4 Å². The first-order valence-corrected chi connectivity index (χ1v) is 14.8. The normalized spacial score (nSPS) is 12.5. The maximum absolute atomic E-state index is 6.34. The van der Waals surface area contributed by atoms with E-state index in [9.17, 15) is 0 Å². The molecule has 0 spiro atoms. The molecule has 6 nitrogen and oxygen atoms in total. The van der Waals surface area contributed by atoms with Crippen LogP contribution in [-0.2, 0) is 0 Å². The van der Waals surface area contributed by atoms with Gasteiger partial charge in [0.2, 0.25) is 11.6 Å². The minimum absolute atomic E-state index is 0.878. The van der Waals surface area contributed by atoms with E-state index < -0.39 is 0 Å². The summed E-state index contributed by atoms with van der Waals surface area (Å²) in [5.74, 6) is 1.76. The van der Waals surface area contributed by atoms with Gasteiger partial charge in [0.25, 0.3) is 0 Å². The first-order valence-electron chi connectivity index (χ1n) is 14.8. The molecule has 0 fully saturated rings. The molecule has 11 aromatic rings. The summed E-state index contributed by atoms with van der Waals surface area (Å²) in [6, 6.07) is 44.7. The van der Waals surface area contributed by atoms with E-state index in [0.29, 0.717) is 0 Å². The van der Waals surface area contributed by atoms with Crippen molar-refractivity contribution in [3.05, 3.63) is 127 Å². The summed E-state index contributed by atoms with van der Waals surface area (Å²) in [5, 5.41) is 2.28. The molecular formula is C38H21N5O. The number of rotatable bonds is 2. The van der Waals surface area contributed by atoms with Gasteiger partial charge in [0.1, 0.15) is 16.7 Å². The molecule has 0 unspecified atom stereocenters. The van der Waals surface area contributed by atoms with Crippen LogP contribution in [0.1, 0.15) is 0 Å². The van der Waals surface area contributed by atoms with Crippen LogP contribution in [0.25, 0.3) is 94.4 Å². The molecule has 0 amide bonds. The first kappa shape index (κ1) is 22.5. The molecule has 0 aliphatic carbocycles. The quantitative estimate of drug-likeness (QED) is 0.211. The Kier molecular flexibility index (Phi) is 3.99. The number of hydrogen-bond acceptors (Lipinski definition) is 3. The molecule has 0 radical (unpaired) electrons. The zero-order valence-corrected chi connectivity index (χ0v) is 23.3. The van der Waals surface area contributed by atoms with Gasteiger partial charge in [-0.3, -0.25) is 8.80 Å². The molecule has 204 valence electrons. The van der Waals surface area contributed by atoms with Crippen LogP contribution in [0.2, 0.25) is 0 Å². The Morgan fingerprint density at radius 1 is 0.455 bits per heavy atom. The van der Waals surface area contributed by atoms with E-state index in [-0.39, 0.29) is 0 Å². The lowest BCUT2D eigenvalue weighted by Crippen LogP contribution is -1.88. The number of fused-ring (bicyclic) bond motifs is 13. The average Bonchev–Trinajstić information content (AvgIpc) is 3.86. The number of imidazole rings is 4. The van der Waals surface area contributed by atoms with Crippen LogP contribution in [-0.4, -0.2) is 23.2 Å². The van der Waals surface area contributed by atoms with Crippen molar-refractivity contribution >= 4 is 72.1 Å². The fraction of sp³-hybridized carbons (Fsp3) is 0. The Morgan fingerprint density at radius 3 is 1.75 bits per heavy atom. The van der Waals surface area contributed by atoms with Crippen LogP contribution < -0.4 is 0 Å². The highest BCUT2D eigenvalue weighted by molar-refractivity contribution is 6.10. The van der Waals surface area contributed by atoms with E-state index in [1.165, 1.54) is 0 Å². The lowest BCUT2D eigenvalue weighted by atomic mass is 9.98. The van der Waals surface area contributed by atoms with Gasteiger partial charge in [0.05, 0.1) is 33.1 Å². The van der Waals surface area contributed by atoms with Crippen molar-refractivity contribution in [2.24, 2.45) is 0 Å². The van der Waals surface area contributed by atoms with Gasteiger partial charge in [-0.25, -0.2) is 14.4 Å². The van der Waals surface area contributed by atoms with E-state index in [0.717, 1.165) is 94.4 Å². The van der Waals surface area contributed by atoms with Crippen molar-refractivity contribution in [1.29, 1.82) is 0 Å². The van der Waals surface area contributed by atoms with Gasteiger partial charge in [0.15, 0.2) is 0 Å². The second-order valence-corrected chi connectivity index (χ2v) is 11.5. The van der Waals surface area contributed by atoms with E-state index in [1.807, 2.05) is 24.3 Å². The number of furan rings is 1. The summed E-state index contributed by atoms with van der Waals surface area (Å²) in [4.78, 5) is 10.2. The highest BCUT2D eigenvalue weighted by Gasteiger charge is 2.24. The van der Waals surface area contributed by atoms with Crippen LogP contribution in [0.4, 0.5) is 0 Å². The molecule has 11 rings (SSSR count). The van der Waals surface area contributed by atoms with Crippen LogP contribution in [0.5, 0.6) is 0 Å². The number of nitrogens with zero attached hydrogens (tertiary/aromatic N) is 5. The fourth-order valence-electron chi connectivity index (χ4n) is 7.25. The SMILES string of the molecule is c1ccc2c(c1)nc1n2c2cc(-c3ccc(-c4cccc5c4oc4ccccc45)cc3)cc3c2n1c1nc2ccccc2n31. The fourth-order valence-corrected chi connectivity index (χ4v) is 7.25. The molecule has 0 atom stereocenters. The number of hydrogen-bond donors (Lipinski definition) is 0. The van der Waals surface area contributed by atoms with Crippen molar-refractivity contribution in [3.63, 3.8) is 0 Å². The molecule has 5 heterocycles. The van der Waals surface area contributed by atoms with Crippen LogP contribution in [0.3, 0.4) is 0 Å². The number of benzene rings is 6. The predicted molar refractivity (Wildman–Crippen MR) is 177 cm³/mol. The molecule has 0 saturated heterocycles. The topological polar surface area (TPSA) is 52.2 Å². The molecular weight excluding hydrogens is 542 g/mol. The maximum Gasteiger partial charge on any atom is 0.223 e. The average molecular weight is 564 g/mol. The van der Waals surface area contributed by atoms with Gasteiger partial charge in [-0.15, -0.1) is 0 Å². The first-order chi connectivity index (χ1) is 21.8. The second-order valence-electron chi connectivity index (χ2n) is 11.5. The summed E-state index contributed by atoms with van der Waals surface area (Å²) in [5.41, 5.74) is 13.8. The van der Waals surface area contributed by atoms with Gasteiger partial charge in [-0.2, -0.15) is 0 Å². The molecule has 0 N–H and O–H groups in total. The molecule has 0 bridgehead atoms. The van der Waals surface area contributed by atoms with Gasteiger partial charge >= 0.3 is 0 Å².